The van der Waals surface area contributed by atoms with Crippen LogP contribution in [0.25, 0.3) is 22.5 Å². The molecule has 0 radical (unpaired) electrons. The predicted octanol–water partition coefficient (Wildman–Crippen LogP) is 3.15. The van der Waals surface area contributed by atoms with Gasteiger partial charge in [-0.05, 0) is 36.2 Å². The van der Waals surface area contributed by atoms with Crippen LogP contribution in [0.3, 0.4) is 0 Å². The number of nitrogens with zero attached hydrogens (tertiary/aromatic N) is 3. The molecule has 0 bridgehead atoms. The molecule has 0 aliphatic rings. The molecule has 2 aromatic heterocycles. The Kier molecular flexibility index (Phi) is 4.32. The van der Waals surface area contributed by atoms with Crippen LogP contribution in [-0.4, -0.2) is 26.2 Å². The first-order valence-electron chi connectivity index (χ1n) is 7.24. The van der Waals surface area contributed by atoms with Crippen LogP contribution in [0, 0.1) is 6.92 Å². The van der Waals surface area contributed by atoms with Crippen molar-refractivity contribution in [3.63, 3.8) is 0 Å². The number of aryl methyl sites for hydroxylation is 1. The maximum absolute atomic E-state index is 9.32. The van der Waals surface area contributed by atoms with Crippen LogP contribution in [0.1, 0.15) is 5.56 Å². The number of hydrogen-bond donors (Lipinski definition) is 2. The molecule has 3 rings (SSSR count). The third kappa shape index (κ3) is 3.21. The highest BCUT2D eigenvalue weighted by molar-refractivity contribution is 6.30. The van der Waals surface area contributed by atoms with Crippen LogP contribution in [0.4, 0.5) is 5.82 Å². The highest BCUT2D eigenvalue weighted by Crippen LogP contribution is 2.31. The third-order valence-electron chi connectivity index (χ3n) is 3.70. The maximum Gasteiger partial charge on any atom is 0.127 e. The molecule has 0 unspecified atom stereocenters. The van der Waals surface area contributed by atoms with E-state index in [1.807, 2.05) is 42.0 Å². The highest BCUT2D eigenvalue weighted by Gasteiger charge is 2.13. The zero-order chi connectivity index (χ0) is 16.4. The van der Waals surface area contributed by atoms with Gasteiger partial charge in [-0.25, -0.2) is 9.97 Å². The van der Waals surface area contributed by atoms with E-state index in [0.717, 1.165) is 28.1 Å². The second-order valence-electron chi connectivity index (χ2n) is 5.32. The summed E-state index contributed by atoms with van der Waals surface area (Å²) in [7, 11) is 0. The van der Waals surface area contributed by atoms with Crippen molar-refractivity contribution in [3.8, 4) is 22.5 Å². The SMILES string of the molecule is Cc1ccc(Cl)cc1-c1cc(-c2cc(N)ncn2)n(CCO)c1. The molecule has 3 N–H and O–H groups in total. The first kappa shape index (κ1) is 15.5. The summed E-state index contributed by atoms with van der Waals surface area (Å²) in [5, 5.41) is 10.0. The lowest BCUT2D eigenvalue weighted by atomic mass is 10.0. The summed E-state index contributed by atoms with van der Waals surface area (Å²) in [5.74, 6) is 0.409. The Balaban J connectivity index is 2.14. The van der Waals surface area contributed by atoms with E-state index in [9.17, 15) is 5.11 Å². The molecule has 0 amide bonds. The lowest BCUT2D eigenvalue weighted by molar-refractivity contribution is 0.277. The van der Waals surface area contributed by atoms with Gasteiger partial charge in [0.25, 0.3) is 0 Å². The highest BCUT2D eigenvalue weighted by atomic mass is 35.5. The topological polar surface area (TPSA) is 77.0 Å². The molecular formula is C17H17ClN4O. The average Bonchev–Trinajstić information content (AvgIpc) is 2.94. The number of halogens is 1. The number of aliphatic hydroxyl groups is 1. The van der Waals surface area contributed by atoms with Crippen molar-refractivity contribution in [2.75, 3.05) is 12.3 Å². The summed E-state index contributed by atoms with van der Waals surface area (Å²) in [6.45, 7) is 2.55. The average molecular weight is 329 g/mol. The molecule has 2 heterocycles. The van der Waals surface area contributed by atoms with E-state index in [4.69, 9.17) is 17.3 Å². The van der Waals surface area contributed by atoms with Crippen molar-refractivity contribution in [2.45, 2.75) is 13.5 Å². The quantitative estimate of drug-likeness (QED) is 0.771. The van der Waals surface area contributed by atoms with Crippen LogP contribution in [0.2, 0.25) is 5.02 Å². The molecular weight excluding hydrogens is 312 g/mol. The van der Waals surface area contributed by atoms with E-state index in [1.54, 1.807) is 6.07 Å². The second kappa shape index (κ2) is 6.40. The zero-order valence-corrected chi connectivity index (χ0v) is 13.5. The summed E-state index contributed by atoms with van der Waals surface area (Å²) < 4.78 is 1.96. The molecule has 1 aromatic carbocycles. The Morgan fingerprint density at radius 3 is 2.78 bits per heavy atom. The Morgan fingerprint density at radius 2 is 2.04 bits per heavy atom. The van der Waals surface area contributed by atoms with Gasteiger partial charge in [-0.1, -0.05) is 17.7 Å². The van der Waals surface area contributed by atoms with Crippen LogP contribution in [-0.2, 0) is 6.54 Å². The molecule has 118 valence electrons. The maximum atomic E-state index is 9.32. The number of anilines is 1. The Bertz CT molecular complexity index is 844. The van der Waals surface area contributed by atoms with Gasteiger partial charge in [-0.15, -0.1) is 0 Å². The summed E-state index contributed by atoms with van der Waals surface area (Å²) in [6, 6.07) is 9.54. The van der Waals surface area contributed by atoms with Gasteiger partial charge in [0, 0.05) is 29.4 Å². The smallest absolute Gasteiger partial charge is 0.127 e. The van der Waals surface area contributed by atoms with Crippen LogP contribution >= 0.6 is 11.6 Å². The van der Waals surface area contributed by atoms with Gasteiger partial charge >= 0.3 is 0 Å². The number of aromatic nitrogens is 3. The number of nitrogen functional groups attached to an aromatic ring is 1. The van der Waals surface area contributed by atoms with Crippen molar-refractivity contribution in [3.05, 3.63) is 53.4 Å². The lowest BCUT2D eigenvalue weighted by Crippen LogP contribution is -2.03. The number of hydrogen-bond acceptors (Lipinski definition) is 4. The van der Waals surface area contributed by atoms with Gasteiger partial charge in [0.2, 0.25) is 0 Å². The first-order chi connectivity index (χ1) is 11.1. The fourth-order valence-corrected chi connectivity index (χ4v) is 2.76. The van der Waals surface area contributed by atoms with Crippen molar-refractivity contribution in [2.24, 2.45) is 0 Å². The molecule has 0 saturated carbocycles. The predicted molar refractivity (Wildman–Crippen MR) is 92.1 cm³/mol. The van der Waals surface area contributed by atoms with Crippen LogP contribution in [0.15, 0.2) is 42.9 Å². The molecule has 0 atom stereocenters. The molecule has 0 saturated heterocycles. The second-order valence-corrected chi connectivity index (χ2v) is 5.75. The minimum Gasteiger partial charge on any atom is -0.395 e. The zero-order valence-electron chi connectivity index (χ0n) is 12.7. The van der Waals surface area contributed by atoms with Crippen LogP contribution < -0.4 is 5.73 Å². The van der Waals surface area contributed by atoms with Gasteiger partial charge < -0.3 is 15.4 Å². The van der Waals surface area contributed by atoms with Gasteiger partial charge in [0.15, 0.2) is 0 Å². The fourth-order valence-electron chi connectivity index (χ4n) is 2.58. The largest absolute Gasteiger partial charge is 0.395 e. The molecule has 0 aliphatic carbocycles. The number of nitrogens with two attached hydrogens (primary N) is 1. The number of aliphatic hydroxyl groups excluding tert-OH is 1. The van der Waals surface area contributed by atoms with Gasteiger partial charge in [0.1, 0.15) is 12.1 Å². The summed E-state index contributed by atoms with van der Waals surface area (Å²) in [6.07, 6.45) is 3.42. The van der Waals surface area contributed by atoms with Crippen molar-refractivity contribution in [1.82, 2.24) is 14.5 Å². The summed E-state index contributed by atoms with van der Waals surface area (Å²) in [4.78, 5) is 8.20. The lowest BCUT2D eigenvalue weighted by Gasteiger charge is -2.06. The molecule has 23 heavy (non-hydrogen) atoms. The standard InChI is InChI=1S/C17H17ClN4O/c1-11-2-3-13(18)7-14(11)12-6-16(22(9-12)4-5-23)15-8-17(19)21-10-20-15/h2-3,6-10,23H,4-5H2,1H3,(H2,19,20,21). The Hall–Kier alpha value is -2.37. The van der Waals surface area contributed by atoms with Crippen molar-refractivity contribution < 1.29 is 5.11 Å². The molecule has 6 heteroatoms. The van der Waals surface area contributed by atoms with E-state index in [1.165, 1.54) is 6.33 Å². The van der Waals surface area contributed by atoms with E-state index in [0.29, 0.717) is 17.4 Å². The van der Waals surface area contributed by atoms with Crippen molar-refractivity contribution >= 4 is 17.4 Å². The van der Waals surface area contributed by atoms with Crippen LogP contribution in [0.5, 0.6) is 0 Å². The van der Waals surface area contributed by atoms with Gasteiger partial charge in [-0.3, -0.25) is 0 Å². The molecule has 5 nitrogen and oxygen atoms in total. The van der Waals surface area contributed by atoms with E-state index in [2.05, 4.69) is 9.97 Å². The molecule has 3 aromatic rings. The fraction of sp³-hybridized carbons (Fsp3) is 0.176. The van der Waals surface area contributed by atoms with Gasteiger partial charge in [0.05, 0.1) is 18.0 Å². The Labute approximate surface area is 139 Å². The van der Waals surface area contributed by atoms with E-state index < -0.39 is 0 Å². The Morgan fingerprint density at radius 1 is 1.22 bits per heavy atom. The van der Waals surface area contributed by atoms with E-state index >= 15 is 0 Å². The number of rotatable bonds is 4. The monoisotopic (exact) mass is 328 g/mol. The van der Waals surface area contributed by atoms with Crippen molar-refractivity contribution in [1.29, 1.82) is 0 Å². The minimum absolute atomic E-state index is 0.0379. The summed E-state index contributed by atoms with van der Waals surface area (Å²) in [5.41, 5.74) is 10.6. The third-order valence-corrected chi connectivity index (χ3v) is 3.93. The molecule has 0 aliphatic heterocycles. The number of benzene rings is 1. The molecule has 0 spiro atoms. The van der Waals surface area contributed by atoms with Gasteiger partial charge in [-0.2, -0.15) is 0 Å². The van der Waals surface area contributed by atoms with E-state index in [-0.39, 0.29) is 6.61 Å². The first-order valence-corrected chi connectivity index (χ1v) is 7.61. The normalized spacial score (nSPS) is 10.9. The summed E-state index contributed by atoms with van der Waals surface area (Å²) >= 11 is 6.13. The molecule has 0 fully saturated rings. The minimum atomic E-state index is 0.0379.